The molecule has 2 aromatic heterocycles. The Labute approximate surface area is 106 Å². The van der Waals surface area contributed by atoms with Gasteiger partial charge in [-0.15, -0.1) is 0 Å². The lowest BCUT2D eigenvalue weighted by atomic mass is 10.1. The first-order chi connectivity index (χ1) is 8.88. The highest BCUT2D eigenvalue weighted by molar-refractivity contribution is 5.71. The third-order valence-electron chi connectivity index (χ3n) is 3.16. The average molecular weight is 243 g/mol. The van der Waals surface area contributed by atoms with Gasteiger partial charge in [0, 0.05) is 31.4 Å². The van der Waals surface area contributed by atoms with E-state index < -0.39 is 0 Å². The fourth-order valence-electron chi connectivity index (χ4n) is 2.24. The summed E-state index contributed by atoms with van der Waals surface area (Å²) < 4.78 is 5.40. The minimum Gasteiger partial charge on any atom is -0.373 e. The summed E-state index contributed by atoms with van der Waals surface area (Å²) >= 11 is 0. The molecule has 5 nitrogen and oxygen atoms in total. The molecule has 0 amide bonds. The monoisotopic (exact) mass is 243 g/mol. The molecule has 1 saturated heterocycles. The Balaban J connectivity index is 1.92. The smallest absolute Gasteiger partial charge is 0.155 e. The number of aromatic nitrogens is 2. The van der Waals surface area contributed by atoms with Crippen LogP contribution in [0.25, 0.3) is 11.3 Å². The van der Waals surface area contributed by atoms with E-state index in [1.165, 1.54) is 0 Å². The van der Waals surface area contributed by atoms with Gasteiger partial charge in [0.2, 0.25) is 0 Å². The molecule has 3 heterocycles. The molecule has 1 radical (unpaired) electrons. The van der Waals surface area contributed by atoms with Gasteiger partial charge in [0.15, 0.2) is 5.76 Å². The SMILES string of the molecule is CNc1ncccc1-c1cc(C2CCC[N]2)on1. The van der Waals surface area contributed by atoms with Crippen molar-refractivity contribution in [1.29, 1.82) is 0 Å². The molecule has 1 atom stereocenters. The van der Waals surface area contributed by atoms with Gasteiger partial charge in [-0.25, -0.2) is 10.3 Å². The van der Waals surface area contributed by atoms with Crippen LogP contribution < -0.4 is 10.6 Å². The highest BCUT2D eigenvalue weighted by Gasteiger charge is 2.22. The molecule has 0 aromatic carbocycles. The van der Waals surface area contributed by atoms with Gasteiger partial charge in [-0.1, -0.05) is 5.16 Å². The van der Waals surface area contributed by atoms with Crippen molar-refractivity contribution in [2.45, 2.75) is 18.9 Å². The van der Waals surface area contributed by atoms with Gasteiger partial charge in [-0.05, 0) is 25.0 Å². The van der Waals surface area contributed by atoms with Crippen LogP contribution in [0.5, 0.6) is 0 Å². The van der Waals surface area contributed by atoms with Gasteiger partial charge in [-0.2, -0.15) is 0 Å². The van der Waals surface area contributed by atoms with E-state index in [4.69, 9.17) is 4.52 Å². The molecule has 0 aliphatic carbocycles. The Hall–Kier alpha value is -1.88. The maximum Gasteiger partial charge on any atom is 0.155 e. The molecule has 1 unspecified atom stereocenters. The molecule has 0 spiro atoms. The second kappa shape index (κ2) is 4.78. The molecule has 0 bridgehead atoms. The van der Waals surface area contributed by atoms with E-state index in [-0.39, 0.29) is 6.04 Å². The Bertz CT molecular complexity index is 531. The van der Waals surface area contributed by atoms with Crippen molar-refractivity contribution in [2.24, 2.45) is 0 Å². The van der Waals surface area contributed by atoms with E-state index in [1.807, 2.05) is 25.2 Å². The minimum atomic E-state index is 0.181. The third-order valence-corrected chi connectivity index (χ3v) is 3.16. The first kappa shape index (κ1) is 11.2. The fourth-order valence-corrected chi connectivity index (χ4v) is 2.24. The highest BCUT2D eigenvalue weighted by atomic mass is 16.5. The fraction of sp³-hybridized carbons (Fsp3) is 0.385. The van der Waals surface area contributed by atoms with E-state index in [2.05, 4.69) is 20.8 Å². The predicted octanol–water partition coefficient (Wildman–Crippen LogP) is 2.22. The number of anilines is 1. The third kappa shape index (κ3) is 1.97. The number of nitrogens with zero attached hydrogens (tertiary/aromatic N) is 3. The van der Waals surface area contributed by atoms with E-state index in [1.54, 1.807) is 6.20 Å². The maximum atomic E-state index is 5.40. The molecule has 93 valence electrons. The summed E-state index contributed by atoms with van der Waals surface area (Å²) in [5, 5.41) is 11.7. The van der Waals surface area contributed by atoms with E-state index >= 15 is 0 Å². The quantitative estimate of drug-likeness (QED) is 0.897. The van der Waals surface area contributed by atoms with Gasteiger partial charge >= 0.3 is 0 Å². The van der Waals surface area contributed by atoms with Crippen molar-refractivity contribution in [3.05, 3.63) is 30.2 Å². The van der Waals surface area contributed by atoms with Crippen LogP contribution in [0.1, 0.15) is 24.6 Å². The van der Waals surface area contributed by atoms with Crippen LogP contribution in [0, 0.1) is 0 Å². The number of nitrogens with one attached hydrogen (secondary N) is 1. The first-order valence-electron chi connectivity index (χ1n) is 6.15. The standard InChI is InChI=1S/C13H15N4O/c1-14-13-9(4-2-7-16-13)11-8-12(18-17-11)10-5-3-6-15-10/h2,4,7-8,10H,3,5-6H2,1H3,(H,14,16). The van der Waals surface area contributed by atoms with Crippen LogP contribution in [-0.2, 0) is 0 Å². The zero-order valence-electron chi connectivity index (χ0n) is 10.3. The van der Waals surface area contributed by atoms with Gasteiger partial charge in [0.25, 0.3) is 0 Å². The molecular formula is C13H15N4O. The summed E-state index contributed by atoms with van der Waals surface area (Å²) in [4.78, 5) is 4.26. The highest BCUT2D eigenvalue weighted by Crippen LogP contribution is 2.30. The van der Waals surface area contributed by atoms with E-state index in [0.717, 1.165) is 42.2 Å². The van der Waals surface area contributed by atoms with Crippen molar-refractivity contribution in [3.8, 4) is 11.3 Å². The van der Waals surface area contributed by atoms with Crippen LogP contribution in [0.4, 0.5) is 5.82 Å². The van der Waals surface area contributed by atoms with Crippen LogP contribution in [0.2, 0.25) is 0 Å². The molecule has 1 aliphatic heterocycles. The molecule has 3 rings (SSSR count). The minimum absolute atomic E-state index is 0.181. The number of pyridine rings is 1. The largest absolute Gasteiger partial charge is 0.373 e. The normalized spacial score (nSPS) is 19.1. The summed E-state index contributed by atoms with van der Waals surface area (Å²) in [5.41, 5.74) is 1.76. The summed E-state index contributed by atoms with van der Waals surface area (Å²) in [7, 11) is 1.85. The Kier molecular flexibility index (Phi) is 2.98. The lowest BCUT2D eigenvalue weighted by molar-refractivity contribution is 0.351. The second-order valence-corrected chi connectivity index (χ2v) is 4.33. The van der Waals surface area contributed by atoms with Crippen LogP contribution in [-0.4, -0.2) is 23.7 Å². The van der Waals surface area contributed by atoms with Crippen molar-refractivity contribution >= 4 is 5.82 Å². The van der Waals surface area contributed by atoms with Crippen LogP contribution >= 0.6 is 0 Å². The maximum absolute atomic E-state index is 5.40. The molecule has 1 N–H and O–H groups in total. The topological polar surface area (TPSA) is 65.1 Å². The average Bonchev–Trinajstić information content (AvgIpc) is 3.09. The molecule has 2 aromatic rings. The van der Waals surface area contributed by atoms with Crippen molar-refractivity contribution in [3.63, 3.8) is 0 Å². The molecule has 1 fully saturated rings. The summed E-state index contributed by atoms with van der Waals surface area (Å²) in [6, 6.07) is 6.02. The van der Waals surface area contributed by atoms with Crippen molar-refractivity contribution in [2.75, 3.05) is 18.9 Å². The zero-order chi connectivity index (χ0) is 12.4. The number of hydrogen-bond acceptors (Lipinski definition) is 4. The molecule has 18 heavy (non-hydrogen) atoms. The van der Waals surface area contributed by atoms with Gasteiger partial charge < -0.3 is 9.84 Å². The predicted molar refractivity (Wildman–Crippen MR) is 68.3 cm³/mol. The molecular weight excluding hydrogens is 228 g/mol. The Morgan fingerprint density at radius 2 is 2.39 bits per heavy atom. The Morgan fingerprint density at radius 1 is 1.44 bits per heavy atom. The van der Waals surface area contributed by atoms with E-state index in [9.17, 15) is 0 Å². The lowest BCUT2D eigenvalue weighted by Gasteiger charge is -2.03. The molecule has 5 heteroatoms. The van der Waals surface area contributed by atoms with Gasteiger partial charge in [0.05, 0.1) is 6.04 Å². The summed E-state index contributed by atoms with van der Waals surface area (Å²) in [6.07, 6.45) is 3.94. The van der Waals surface area contributed by atoms with Crippen LogP contribution in [0.15, 0.2) is 28.9 Å². The van der Waals surface area contributed by atoms with Crippen molar-refractivity contribution in [1.82, 2.24) is 15.5 Å². The van der Waals surface area contributed by atoms with Gasteiger partial charge in [-0.3, -0.25) is 0 Å². The molecule has 0 saturated carbocycles. The number of hydrogen-bond donors (Lipinski definition) is 1. The first-order valence-corrected chi connectivity index (χ1v) is 6.15. The van der Waals surface area contributed by atoms with Crippen LogP contribution in [0.3, 0.4) is 0 Å². The number of rotatable bonds is 3. The second-order valence-electron chi connectivity index (χ2n) is 4.33. The Morgan fingerprint density at radius 3 is 3.17 bits per heavy atom. The summed E-state index contributed by atoms with van der Waals surface area (Å²) in [5.74, 6) is 1.66. The molecule has 1 aliphatic rings. The van der Waals surface area contributed by atoms with Gasteiger partial charge in [0.1, 0.15) is 11.5 Å². The zero-order valence-corrected chi connectivity index (χ0v) is 10.3. The van der Waals surface area contributed by atoms with E-state index in [0.29, 0.717) is 0 Å². The lowest BCUT2D eigenvalue weighted by Crippen LogP contribution is -2.03. The summed E-state index contributed by atoms with van der Waals surface area (Å²) in [6.45, 7) is 0.926. The van der Waals surface area contributed by atoms with Crippen molar-refractivity contribution < 1.29 is 4.52 Å².